The van der Waals surface area contributed by atoms with Crippen LogP contribution < -0.4 is 4.74 Å². The van der Waals surface area contributed by atoms with Crippen molar-refractivity contribution < 1.29 is 14.8 Å². The third-order valence-electron chi connectivity index (χ3n) is 3.39. The zero-order valence-corrected chi connectivity index (χ0v) is 10.5. The summed E-state index contributed by atoms with van der Waals surface area (Å²) in [6.45, 7) is 3.56. The molecule has 1 aromatic rings. The highest BCUT2D eigenvalue weighted by Gasteiger charge is 2.28. The molecular formula is C13H17NO4. The van der Waals surface area contributed by atoms with E-state index >= 15 is 0 Å². The number of nitrogens with zero attached hydrogens (tertiary/aromatic N) is 1. The van der Waals surface area contributed by atoms with Gasteiger partial charge in [0.2, 0.25) is 0 Å². The molecule has 1 aliphatic rings. The topological polar surface area (TPSA) is 72.6 Å². The van der Waals surface area contributed by atoms with Crippen molar-refractivity contribution in [3.8, 4) is 5.75 Å². The minimum atomic E-state index is -0.468. The summed E-state index contributed by atoms with van der Waals surface area (Å²) in [5, 5.41) is 20.6. The van der Waals surface area contributed by atoms with Crippen molar-refractivity contribution in [2.45, 2.75) is 45.3 Å². The highest BCUT2D eigenvalue weighted by Crippen LogP contribution is 2.31. The molecule has 0 bridgehead atoms. The molecule has 5 nitrogen and oxygen atoms in total. The Bertz CT molecular complexity index is 472. The van der Waals surface area contributed by atoms with Crippen LogP contribution >= 0.6 is 0 Å². The Morgan fingerprint density at radius 3 is 2.61 bits per heavy atom. The normalized spacial score (nSPS) is 23.1. The van der Waals surface area contributed by atoms with Gasteiger partial charge in [0.25, 0.3) is 5.69 Å². The van der Waals surface area contributed by atoms with Crippen LogP contribution in [0.3, 0.4) is 0 Å². The lowest BCUT2D eigenvalue weighted by Gasteiger charge is -2.18. The number of nitro groups is 1. The third-order valence-corrected chi connectivity index (χ3v) is 3.39. The Morgan fingerprint density at radius 2 is 2.06 bits per heavy atom. The fourth-order valence-electron chi connectivity index (χ4n) is 2.35. The van der Waals surface area contributed by atoms with E-state index in [1.54, 1.807) is 13.0 Å². The standard InChI is InChI=1S/C13H17NO4/c1-8-6-9(2)13(7-10(8)14(16)17)18-12-5-3-4-11(12)15/h6-7,11-12,15H,3-5H2,1-2H3. The smallest absolute Gasteiger partial charge is 0.276 e. The van der Waals surface area contributed by atoms with Crippen LogP contribution in [0.15, 0.2) is 12.1 Å². The molecule has 0 saturated heterocycles. The number of hydrogen-bond donors (Lipinski definition) is 1. The van der Waals surface area contributed by atoms with Crippen LogP contribution in [0, 0.1) is 24.0 Å². The molecule has 0 amide bonds. The second-order valence-corrected chi connectivity index (χ2v) is 4.82. The molecule has 18 heavy (non-hydrogen) atoms. The number of aliphatic hydroxyl groups is 1. The monoisotopic (exact) mass is 251 g/mol. The first-order valence-electron chi connectivity index (χ1n) is 6.09. The maximum atomic E-state index is 10.9. The molecule has 1 saturated carbocycles. The largest absolute Gasteiger partial charge is 0.487 e. The molecule has 1 fully saturated rings. The number of aryl methyl sites for hydroxylation is 2. The Kier molecular flexibility index (Phi) is 3.52. The summed E-state index contributed by atoms with van der Waals surface area (Å²) >= 11 is 0. The van der Waals surface area contributed by atoms with E-state index in [1.165, 1.54) is 6.07 Å². The molecular weight excluding hydrogens is 234 g/mol. The Morgan fingerprint density at radius 1 is 1.33 bits per heavy atom. The van der Waals surface area contributed by atoms with E-state index in [4.69, 9.17) is 4.74 Å². The van der Waals surface area contributed by atoms with Gasteiger partial charge >= 0.3 is 0 Å². The minimum absolute atomic E-state index is 0.0584. The van der Waals surface area contributed by atoms with Crippen LogP contribution in [0.1, 0.15) is 30.4 Å². The van der Waals surface area contributed by atoms with Gasteiger partial charge in [0.1, 0.15) is 11.9 Å². The third kappa shape index (κ3) is 2.46. The Hall–Kier alpha value is -1.62. The number of rotatable bonds is 3. The van der Waals surface area contributed by atoms with Gasteiger partial charge in [-0.1, -0.05) is 0 Å². The van der Waals surface area contributed by atoms with Gasteiger partial charge in [-0.15, -0.1) is 0 Å². The van der Waals surface area contributed by atoms with Crippen LogP contribution in [0.2, 0.25) is 0 Å². The van der Waals surface area contributed by atoms with E-state index in [-0.39, 0.29) is 11.8 Å². The lowest BCUT2D eigenvalue weighted by Crippen LogP contribution is -2.26. The van der Waals surface area contributed by atoms with E-state index in [0.717, 1.165) is 24.8 Å². The highest BCUT2D eigenvalue weighted by atomic mass is 16.6. The second-order valence-electron chi connectivity index (χ2n) is 4.82. The van der Waals surface area contributed by atoms with Gasteiger partial charge < -0.3 is 9.84 Å². The molecule has 0 heterocycles. The van der Waals surface area contributed by atoms with Gasteiger partial charge in [0.15, 0.2) is 0 Å². The van der Waals surface area contributed by atoms with Crippen LogP contribution in [0.25, 0.3) is 0 Å². The van der Waals surface area contributed by atoms with Crippen LogP contribution in [-0.2, 0) is 0 Å². The van der Waals surface area contributed by atoms with Crippen molar-refractivity contribution in [3.05, 3.63) is 33.4 Å². The van der Waals surface area contributed by atoms with Gasteiger partial charge in [0.05, 0.1) is 17.1 Å². The summed E-state index contributed by atoms with van der Waals surface area (Å²) in [7, 11) is 0. The molecule has 2 rings (SSSR count). The zero-order chi connectivity index (χ0) is 13.3. The Labute approximate surface area is 106 Å². The molecule has 0 radical (unpaired) electrons. The van der Waals surface area contributed by atoms with Crippen LogP contribution in [0.5, 0.6) is 5.75 Å². The predicted octanol–water partition coefficient (Wildman–Crippen LogP) is 2.50. The first kappa shape index (κ1) is 12.8. The fourth-order valence-corrected chi connectivity index (χ4v) is 2.35. The molecule has 0 aromatic heterocycles. The fraction of sp³-hybridized carbons (Fsp3) is 0.538. The van der Waals surface area contributed by atoms with Crippen molar-refractivity contribution in [1.29, 1.82) is 0 Å². The van der Waals surface area contributed by atoms with E-state index in [1.807, 2.05) is 6.92 Å². The molecule has 98 valence electrons. The SMILES string of the molecule is Cc1cc(C)c([N+](=O)[O-])cc1OC1CCCC1O. The molecule has 1 N–H and O–H groups in total. The summed E-state index contributed by atoms with van der Waals surface area (Å²) in [5.74, 6) is 0.498. The van der Waals surface area contributed by atoms with Gasteiger partial charge in [0, 0.05) is 5.56 Å². The van der Waals surface area contributed by atoms with Crippen molar-refractivity contribution >= 4 is 5.69 Å². The van der Waals surface area contributed by atoms with Gasteiger partial charge in [-0.25, -0.2) is 0 Å². The summed E-state index contributed by atoms with van der Waals surface area (Å²) in [4.78, 5) is 10.5. The number of aliphatic hydroxyl groups excluding tert-OH is 1. The minimum Gasteiger partial charge on any atom is -0.487 e. The molecule has 0 spiro atoms. The van der Waals surface area contributed by atoms with E-state index in [0.29, 0.717) is 11.3 Å². The number of benzene rings is 1. The summed E-state index contributed by atoms with van der Waals surface area (Å²) in [6.07, 6.45) is 1.74. The quantitative estimate of drug-likeness (QED) is 0.661. The molecule has 1 aromatic carbocycles. The van der Waals surface area contributed by atoms with Crippen molar-refractivity contribution in [1.82, 2.24) is 0 Å². The molecule has 2 atom stereocenters. The molecule has 5 heteroatoms. The van der Waals surface area contributed by atoms with E-state index < -0.39 is 11.0 Å². The van der Waals surface area contributed by atoms with Crippen LogP contribution in [-0.4, -0.2) is 22.2 Å². The number of nitro benzene ring substituents is 1. The van der Waals surface area contributed by atoms with Crippen molar-refractivity contribution in [2.75, 3.05) is 0 Å². The predicted molar refractivity (Wildman–Crippen MR) is 66.8 cm³/mol. The number of hydrogen-bond acceptors (Lipinski definition) is 4. The first-order chi connectivity index (χ1) is 8.49. The average Bonchev–Trinajstić information content (AvgIpc) is 2.67. The van der Waals surface area contributed by atoms with Crippen molar-refractivity contribution in [2.24, 2.45) is 0 Å². The van der Waals surface area contributed by atoms with E-state index in [9.17, 15) is 15.2 Å². The molecule has 2 unspecified atom stereocenters. The second kappa shape index (κ2) is 4.94. The first-order valence-corrected chi connectivity index (χ1v) is 6.09. The van der Waals surface area contributed by atoms with Crippen molar-refractivity contribution in [3.63, 3.8) is 0 Å². The lowest BCUT2D eigenvalue weighted by molar-refractivity contribution is -0.385. The molecule has 0 aliphatic heterocycles. The Balaban J connectivity index is 2.27. The maximum Gasteiger partial charge on any atom is 0.276 e. The van der Waals surface area contributed by atoms with E-state index in [2.05, 4.69) is 0 Å². The molecule has 1 aliphatic carbocycles. The summed E-state index contributed by atoms with van der Waals surface area (Å²) in [6, 6.07) is 3.20. The summed E-state index contributed by atoms with van der Waals surface area (Å²) in [5.41, 5.74) is 1.54. The van der Waals surface area contributed by atoms with Crippen LogP contribution in [0.4, 0.5) is 5.69 Å². The highest BCUT2D eigenvalue weighted by molar-refractivity contribution is 5.49. The maximum absolute atomic E-state index is 10.9. The van der Waals surface area contributed by atoms with Gasteiger partial charge in [-0.05, 0) is 44.7 Å². The van der Waals surface area contributed by atoms with Gasteiger partial charge in [-0.2, -0.15) is 0 Å². The number of ether oxygens (including phenoxy) is 1. The lowest BCUT2D eigenvalue weighted by atomic mass is 10.1. The zero-order valence-electron chi connectivity index (χ0n) is 10.5. The summed E-state index contributed by atoms with van der Waals surface area (Å²) < 4.78 is 5.71. The van der Waals surface area contributed by atoms with Gasteiger partial charge in [-0.3, -0.25) is 10.1 Å². The average molecular weight is 251 g/mol.